The van der Waals surface area contributed by atoms with Crippen molar-refractivity contribution in [2.75, 3.05) is 5.32 Å². The summed E-state index contributed by atoms with van der Waals surface area (Å²) in [5, 5.41) is 3.32. The summed E-state index contributed by atoms with van der Waals surface area (Å²) in [7, 11) is -3.90. The van der Waals surface area contributed by atoms with Crippen LogP contribution in [0.25, 0.3) is 11.1 Å². The molecule has 0 spiro atoms. The molecule has 0 saturated heterocycles. The van der Waals surface area contributed by atoms with Gasteiger partial charge in [-0.05, 0) is 42.8 Å². The molecule has 0 atom stereocenters. The first-order valence-electron chi connectivity index (χ1n) is 10.3. The van der Waals surface area contributed by atoms with Crippen LogP contribution in [-0.4, -0.2) is 14.3 Å². The number of carbonyl (C=O) groups is 1. The number of rotatable bonds is 7. The smallest absolute Gasteiger partial charge is 0.268 e. The van der Waals surface area contributed by atoms with Crippen molar-refractivity contribution in [3.8, 4) is 11.1 Å². The van der Waals surface area contributed by atoms with Crippen molar-refractivity contribution < 1.29 is 13.2 Å². The van der Waals surface area contributed by atoms with Gasteiger partial charge in [-0.1, -0.05) is 78.4 Å². The average molecular weight is 458 g/mol. The number of hydrazine groups is 1. The maximum atomic E-state index is 12.9. The number of nitrogens with one attached hydrogen (secondary N) is 3. The van der Waals surface area contributed by atoms with Gasteiger partial charge in [0.15, 0.2) is 0 Å². The Morgan fingerprint density at radius 2 is 1.30 bits per heavy atom. The van der Waals surface area contributed by atoms with E-state index in [1.165, 1.54) is 12.1 Å². The molecular formula is C26H23N3O3S. The van der Waals surface area contributed by atoms with Crippen LogP contribution < -0.4 is 15.6 Å². The molecule has 0 aliphatic rings. The van der Waals surface area contributed by atoms with Crippen molar-refractivity contribution in [3.63, 3.8) is 0 Å². The fourth-order valence-corrected chi connectivity index (χ4v) is 4.19. The van der Waals surface area contributed by atoms with Crippen LogP contribution in [-0.2, 0) is 10.0 Å². The number of para-hydroxylation sites is 2. The van der Waals surface area contributed by atoms with E-state index in [0.29, 0.717) is 11.3 Å². The van der Waals surface area contributed by atoms with Crippen molar-refractivity contribution >= 4 is 27.3 Å². The van der Waals surface area contributed by atoms with Crippen LogP contribution in [0.2, 0.25) is 0 Å². The van der Waals surface area contributed by atoms with Gasteiger partial charge in [0.2, 0.25) is 0 Å². The van der Waals surface area contributed by atoms with E-state index in [4.69, 9.17) is 0 Å². The van der Waals surface area contributed by atoms with E-state index in [1.807, 2.05) is 61.5 Å². The molecule has 0 unspecified atom stereocenters. The van der Waals surface area contributed by atoms with Gasteiger partial charge in [-0.15, -0.1) is 4.83 Å². The summed E-state index contributed by atoms with van der Waals surface area (Å²) in [5.41, 5.74) is 6.93. The van der Waals surface area contributed by atoms with E-state index in [9.17, 15) is 13.2 Å². The van der Waals surface area contributed by atoms with Crippen LogP contribution in [0.5, 0.6) is 0 Å². The molecule has 0 fully saturated rings. The second-order valence-electron chi connectivity index (χ2n) is 7.45. The van der Waals surface area contributed by atoms with E-state index in [1.54, 1.807) is 36.4 Å². The summed E-state index contributed by atoms with van der Waals surface area (Å²) < 4.78 is 25.0. The predicted octanol–water partition coefficient (Wildman–Crippen LogP) is 5.03. The minimum Gasteiger partial charge on any atom is -0.354 e. The van der Waals surface area contributed by atoms with E-state index in [2.05, 4.69) is 15.6 Å². The first kappa shape index (κ1) is 22.3. The van der Waals surface area contributed by atoms with Crippen LogP contribution in [0.1, 0.15) is 15.9 Å². The zero-order valence-corrected chi connectivity index (χ0v) is 18.8. The van der Waals surface area contributed by atoms with Crippen LogP contribution in [0.15, 0.2) is 108 Å². The minimum absolute atomic E-state index is 0.0663. The van der Waals surface area contributed by atoms with Gasteiger partial charge < -0.3 is 5.32 Å². The summed E-state index contributed by atoms with van der Waals surface area (Å²) in [6.07, 6.45) is 0. The van der Waals surface area contributed by atoms with Gasteiger partial charge >= 0.3 is 0 Å². The first-order valence-corrected chi connectivity index (χ1v) is 11.8. The molecule has 4 aromatic carbocycles. The number of aryl methyl sites for hydroxylation is 1. The second kappa shape index (κ2) is 9.68. The molecule has 0 aliphatic carbocycles. The number of hydrogen-bond acceptors (Lipinski definition) is 4. The highest BCUT2D eigenvalue weighted by Gasteiger charge is 2.17. The van der Waals surface area contributed by atoms with Crippen LogP contribution in [0.4, 0.5) is 11.4 Å². The molecule has 6 nitrogen and oxygen atoms in total. The van der Waals surface area contributed by atoms with Gasteiger partial charge in [-0.3, -0.25) is 10.2 Å². The first-order chi connectivity index (χ1) is 15.9. The molecular weight excluding hydrogens is 434 g/mol. The standard InChI is InChI=1S/C26H23N3O3S/c1-19-15-17-21(18-16-19)33(31,32)29-28-26(30)23-12-6-8-14-25(23)27-24-13-7-5-11-22(24)20-9-3-2-4-10-20/h2-18,27,29H,1H3,(H,28,30). The quantitative estimate of drug-likeness (QED) is 0.340. The third kappa shape index (κ3) is 5.28. The molecule has 0 aromatic heterocycles. The number of sulfonamides is 1. The minimum atomic E-state index is -3.90. The second-order valence-corrected chi connectivity index (χ2v) is 9.14. The number of benzene rings is 4. The third-order valence-electron chi connectivity index (χ3n) is 5.08. The molecule has 3 N–H and O–H groups in total. The fourth-order valence-electron chi connectivity index (χ4n) is 3.35. The van der Waals surface area contributed by atoms with E-state index < -0.39 is 15.9 Å². The predicted molar refractivity (Wildman–Crippen MR) is 131 cm³/mol. The fraction of sp³-hybridized carbons (Fsp3) is 0.0385. The van der Waals surface area contributed by atoms with Crippen molar-refractivity contribution in [3.05, 3.63) is 114 Å². The highest BCUT2D eigenvalue weighted by molar-refractivity contribution is 7.89. The Hall–Kier alpha value is -3.94. The average Bonchev–Trinajstić information content (AvgIpc) is 2.84. The monoisotopic (exact) mass is 457 g/mol. The van der Waals surface area contributed by atoms with Gasteiger partial charge in [0, 0.05) is 11.3 Å². The Kier molecular flexibility index (Phi) is 6.53. The molecule has 1 amide bonds. The Morgan fingerprint density at radius 1 is 0.697 bits per heavy atom. The Morgan fingerprint density at radius 3 is 2.03 bits per heavy atom. The molecule has 0 bridgehead atoms. The highest BCUT2D eigenvalue weighted by atomic mass is 32.2. The maximum absolute atomic E-state index is 12.9. The largest absolute Gasteiger partial charge is 0.354 e. The highest BCUT2D eigenvalue weighted by Crippen LogP contribution is 2.31. The zero-order valence-electron chi connectivity index (χ0n) is 17.9. The zero-order chi connectivity index (χ0) is 23.3. The number of carbonyl (C=O) groups excluding carboxylic acids is 1. The SMILES string of the molecule is Cc1ccc(S(=O)(=O)NNC(=O)c2ccccc2Nc2ccccc2-c2ccccc2)cc1. The summed E-state index contributed by atoms with van der Waals surface area (Å²) in [5.74, 6) is -0.578. The lowest BCUT2D eigenvalue weighted by atomic mass is 10.0. The van der Waals surface area contributed by atoms with Crippen LogP contribution in [0.3, 0.4) is 0 Å². The topological polar surface area (TPSA) is 87.3 Å². The van der Waals surface area contributed by atoms with Gasteiger partial charge in [-0.2, -0.15) is 0 Å². The van der Waals surface area contributed by atoms with Crippen molar-refractivity contribution in [2.45, 2.75) is 11.8 Å². The molecule has 0 radical (unpaired) electrons. The van der Waals surface area contributed by atoms with Gasteiger partial charge in [-0.25, -0.2) is 8.42 Å². The Labute approximate surface area is 193 Å². The summed E-state index contributed by atoms with van der Waals surface area (Å²) in [4.78, 5) is 15.1. The lowest BCUT2D eigenvalue weighted by Gasteiger charge is -2.16. The Balaban J connectivity index is 1.55. The van der Waals surface area contributed by atoms with Crippen LogP contribution >= 0.6 is 0 Å². The summed E-state index contributed by atoms with van der Waals surface area (Å²) >= 11 is 0. The maximum Gasteiger partial charge on any atom is 0.268 e. The van der Waals surface area contributed by atoms with Crippen molar-refractivity contribution in [1.82, 2.24) is 10.3 Å². The molecule has 166 valence electrons. The number of amides is 1. The molecule has 0 saturated carbocycles. The number of hydrogen-bond donors (Lipinski definition) is 3. The van der Waals surface area contributed by atoms with Crippen molar-refractivity contribution in [1.29, 1.82) is 0 Å². The van der Waals surface area contributed by atoms with Crippen LogP contribution in [0, 0.1) is 6.92 Å². The van der Waals surface area contributed by atoms with Gasteiger partial charge in [0.05, 0.1) is 16.1 Å². The molecule has 0 heterocycles. The third-order valence-corrected chi connectivity index (χ3v) is 6.35. The van der Waals surface area contributed by atoms with E-state index in [-0.39, 0.29) is 4.90 Å². The molecule has 0 aliphatic heterocycles. The Bertz CT molecular complexity index is 1370. The van der Waals surface area contributed by atoms with Gasteiger partial charge in [0.25, 0.3) is 15.9 Å². The van der Waals surface area contributed by atoms with Crippen molar-refractivity contribution in [2.24, 2.45) is 0 Å². The summed E-state index contributed by atoms with van der Waals surface area (Å²) in [6.45, 7) is 1.87. The normalized spacial score (nSPS) is 11.1. The summed E-state index contributed by atoms with van der Waals surface area (Å²) in [6, 6.07) is 31.0. The van der Waals surface area contributed by atoms with E-state index >= 15 is 0 Å². The lowest BCUT2D eigenvalue weighted by molar-refractivity contribution is 0.0946. The van der Waals surface area contributed by atoms with E-state index in [0.717, 1.165) is 22.4 Å². The lowest BCUT2D eigenvalue weighted by Crippen LogP contribution is -2.41. The molecule has 7 heteroatoms. The molecule has 4 rings (SSSR count). The van der Waals surface area contributed by atoms with Gasteiger partial charge in [0.1, 0.15) is 0 Å². The molecule has 4 aromatic rings. The number of anilines is 2. The molecule has 33 heavy (non-hydrogen) atoms.